The highest BCUT2D eigenvalue weighted by molar-refractivity contribution is 7.77. The summed E-state index contributed by atoms with van der Waals surface area (Å²) in [5.74, 6) is 0. The highest BCUT2D eigenvalue weighted by Crippen LogP contribution is 2.81. The highest BCUT2D eigenvalue weighted by atomic mass is 31.3. The van der Waals surface area contributed by atoms with E-state index in [2.05, 4.69) is 18.1 Å². The van der Waals surface area contributed by atoms with Crippen molar-refractivity contribution in [1.82, 2.24) is 0 Å². The van der Waals surface area contributed by atoms with Gasteiger partial charge in [-0.1, -0.05) is 0 Å². The van der Waals surface area contributed by atoms with Crippen LogP contribution >= 0.6 is 23.3 Å². The Balaban J connectivity index is 3.27. The number of hydrogen-bond acceptors (Lipinski definition) is 5. The molecule has 0 fully saturated rings. The molecule has 0 bridgehead atoms. The molecule has 0 radical (unpaired) electrons. The summed E-state index contributed by atoms with van der Waals surface area (Å²) in [7, 11) is -18.0. The molecule has 0 atom stereocenters. The lowest BCUT2D eigenvalue weighted by Gasteiger charge is -2.24. The van der Waals surface area contributed by atoms with E-state index >= 15 is 0 Å². The molecular weight excluding hydrogens is 405 g/mol. The Kier molecular flexibility index (Phi) is 5.52. The quantitative estimate of drug-likeness (QED) is 0.376. The van der Waals surface area contributed by atoms with Gasteiger partial charge in [-0.2, -0.15) is 26.3 Å². The Labute approximate surface area is 116 Å². The first-order valence-corrected chi connectivity index (χ1v) is 9.14. The van der Waals surface area contributed by atoms with Crippen molar-refractivity contribution in [2.75, 3.05) is 13.2 Å². The fourth-order valence-electron chi connectivity index (χ4n) is 0.910. The number of nitrogens with zero attached hydrogens (tertiary/aromatic N) is 3. The van der Waals surface area contributed by atoms with E-state index in [-0.39, 0.29) is 0 Å². The van der Waals surface area contributed by atoms with E-state index < -0.39 is 48.9 Å². The van der Waals surface area contributed by atoms with Crippen molar-refractivity contribution in [3.05, 3.63) is 0 Å². The standard InChI is InChI=1S/C4H4F10N3O2P3/c5-3(6,7)1-18-22(19-2-4(8,9)10)16-20(11,12)15-21(13,14)17-22/h1-2H2. The van der Waals surface area contributed by atoms with E-state index in [1.54, 1.807) is 4.52 Å². The molecule has 1 aliphatic rings. The zero-order chi connectivity index (χ0) is 17.4. The van der Waals surface area contributed by atoms with Crippen LogP contribution in [0.5, 0.6) is 0 Å². The van der Waals surface area contributed by atoms with E-state index in [1.807, 2.05) is 0 Å². The molecule has 0 N–H and O–H groups in total. The van der Waals surface area contributed by atoms with Gasteiger partial charge in [0.25, 0.3) is 0 Å². The lowest BCUT2D eigenvalue weighted by Crippen LogP contribution is -2.19. The van der Waals surface area contributed by atoms with Crippen molar-refractivity contribution in [3.8, 4) is 0 Å². The Hall–Kier alpha value is -0.0900. The minimum atomic E-state index is -6.22. The van der Waals surface area contributed by atoms with Crippen LogP contribution in [0.25, 0.3) is 0 Å². The summed E-state index contributed by atoms with van der Waals surface area (Å²) in [5.41, 5.74) is 0. The third kappa shape index (κ3) is 6.99. The predicted molar refractivity (Wildman–Crippen MR) is 56.5 cm³/mol. The molecule has 0 spiro atoms. The summed E-state index contributed by atoms with van der Waals surface area (Å²) in [5, 5.41) is 0. The second-order valence-electron chi connectivity index (χ2n) is 3.45. The molecule has 22 heavy (non-hydrogen) atoms. The summed E-state index contributed by atoms with van der Waals surface area (Å²) >= 11 is 0. The Bertz CT molecular complexity index is 554. The number of halogens is 10. The maximum Gasteiger partial charge on any atom is 0.425 e. The third-order valence-electron chi connectivity index (χ3n) is 1.45. The molecule has 0 aliphatic carbocycles. The molecule has 0 aromatic heterocycles. The van der Waals surface area contributed by atoms with E-state index in [4.69, 9.17) is 0 Å². The fourth-order valence-corrected chi connectivity index (χ4v) is 7.05. The van der Waals surface area contributed by atoms with Gasteiger partial charge in [0.2, 0.25) is 0 Å². The molecule has 0 aromatic rings. The summed E-state index contributed by atoms with van der Waals surface area (Å²) in [6.07, 6.45) is -10.4. The van der Waals surface area contributed by atoms with Crippen LogP contribution in [0.4, 0.5) is 43.1 Å². The van der Waals surface area contributed by atoms with Gasteiger partial charge in [-0.05, 0) is 0 Å². The largest absolute Gasteiger partial charge is 0.425 e. The summed E-state index contributed by atoms with van der Waals surface area (Å²) < 4.78 is 137. The molecule has 0 aromatic carbocycles. The minimum absolute atomic E-state index is 1.66. The van der Waals surface area contributed by atoms with E-state index in [9.17, 15) is 43.1 Å². The SMILES string of the molecule is FC(F)(F)COP1(OCC(F)(F)F)=NP(F)(F)=NP(F)(F)=N1. The van der Waals surface area contributed by atoms with Crippen LogP contribution < -0.4 is 0 Å². The summed E-state index contributed by atoms with van der Waals surface area (Å²) in [6.45, 7) is -4.88. The molecule has 5 nitrogen and oxygen atoms in total. The van der Waals surface area contributed by atoms with Gasteiger partial charge in [0.1, 0.15) is 0 Å². The summed E-state index contributed by atoms with van der Waals surface area (Å²) in [6, 6.07) is 0. The van der Waals surface area contributed by atoms with Crippen molar-refractivity contribution in [2.45, 2.75) is 12.4 Å². The molecular formula is C4H4F10N3O2P3. The van der Waals surface area contributed by atoms with E-state index in [1.165, 1.54) is 0 Å². The molecule has 1 heterocycles. The molecule has 0 saturated heterocycles. The Morgan fingerprint density at radius 3 is 1.32 bits per heavy atom. The van der Waals surface area contributed by atoms with Crippen molar-refractivity contribution >= 4 is 23.3 Å². The molecule has 18 heteroatoms. The lowest BCUT2D eigenvalue weighted by atomic mass is 10.7. The maximum absolute atomic E-state index is 13.0. The van der Waals surface area contributed by atoms with Gasteiger partial charge in [-0.15, -0.1) is 30.3 Å². The van der Waals surface area contributed by atoms with Gasteiger partial charge in [0.05, 0.1) is 0 Å². The predicted octanol–water partition coefficient (Wildman–Crippen LogP) is 6.87. The Morgan fingerprint density at radius 1 is 0.636 bits per heavy atom. The van der Waals surface area contributed by atoms with Crippen LogP contribution in [0.1, 0.15) is 0 Å². The van der Waals surface area contributed by atoms with Crippen molar-refractivity contribution in [2.24, 2.45) is 13.5 Å². The van der Waals surface area contributed by atoms with Crippen LogP contribution in [-0.4, -0.2) is 25.6 Å². The highest BCUT2D eigenvalue weighted by Gasteiger charge is 2.45. The molecule has 1 rings (SSSR count). The zero-order valence-electron chi connectivity index (χ0n) is 9.69. The first-order valence-electron chi connectivity index (χ1n) is 4.66. The number of alkyl halides is 6. The average molecular weight is 409 g/mol. The second-order valence-corrected chi connectivity index (χ2v) is 8.91. The average Bonchev–Trinajstić information content (AvgIpc) is 2.18. The van der Waals surface area contributed by atoms with Gasteiger partial charge < -0.3 is 0 Å². The van der Waals surface area contributed by atoms with Crippen LogP contribution in [0.15, 0.2) is 13.5 Å². The normalized spacial score (nSPS) is 23.2. The van der Waals surface area contributed by atoms with Crippen LogP contribution in [0.2, 0.25) is 0 Å². The molecule has 132 valence electrons. The molecule has 0 amide bonds. The zero-order valence-corrected chi connectivity index (χ0v) is 12.4. The van der Waals surface area contributed by atoms with Gasteiger partial charge in [-0.3, -0.25) is 9.05 Å². The van der Waals surface area contributed by atoms with Gasteiger partial charge in [0, 0.05) is 0 Å². The Morgan fingerprint density at radius 2 is 1.00 bits per heavy atom. The van der Waals surface area contributed by atoms with Crippen molar-refractivity contribution in [3.63, 3.8) is 0 Å². The maximum atomic E-state index is 13.0. The van der Waals surface area contributed by atoms with Crippen molar-refractivity contribution < 1.29 is 52.2 Å². The van der Waals surface area contributed by atoms with Crippen molar-refractivity contribution in [1.29, 1.82) is 0 Å². The van der Waals surface area contributed by atoms with Crippen LogP contribution in [0.3, 0.4) is 0 Å². The second kappa shape index (κ2) is 6.08. The third-order valence-corrected chi connectivity index (χ3v) is 7.63. The molecule has 0 saturated carbocycles. The lowest BCUT2D eigenvalue weighted by molar-refractivity contribution is -0.163. The first kappa shape index (κ1) is 20.0. The van der Waals surface area contributed by atoms with E-state index in [0.29, 0.717) is 0 Å². The summed E-state index contributed by atoms with van der Waals surface area (Å²) in [4.78, 5) is 0. The minimum Gasteiger partial charge on any atom is -0.297 e. The topological polar surface area (TPSA) is 55.5 Å². The van der Waals surface area contributed by atoms with Crippen LogP contribution in [-0.2, 0) is 9.05 Å². The number of hydrogen-bond donors (Lipinski definition) is 0. The van der Waals surface area contributed by atoms with Crippen LogP contribution in [0, 0.1) is 0 Å². The first-order chi connectivity index (χ1) is 9.54. The van der Waals surface area contributed by atoms with Gasteiger partial charge >= 0.3 is 35.7 Å². The smallest absolute Gasteiger partial charge is 0.297 e. The number of rotatable bonds is 4. The molecule has 0 unspecified atom stereocenters. The monoisotopic (exact) mass is 409 g/mol. The molecule has 1 aliphatic heterocycles. The van der Waals surface area contributed by atoms with Gasteiger partial charge in [-0.25, -0.2) is 0 Å². The van der Waals surface area contributed by atoms with E-state index in [0.717, 1.165) is 0 Å². The van der Waals surface area contributed by atoms with Gasteiger partial charge in [0.15, 0.2) is 13.2 Å². The fraction of sp³-hybridized carbons (Fsp3) is 1.00.